The molecule has 0 aliphatic carbocycles. The van der Waals surface area contributed by atoms with Crippen molar-refractivity contribution >= 4 is 43.5 Å². The number of carbonyl (C=O) groups is 1. The van der Waals surface area contributed by atoms with Crippen LogP contribution in [0.15, 0.2) is 27.6 Å². The van der Waals surface area contributed by atoms with Crippen LogP contribution in [0.4, 0.5) is 0 Å². The molecule has 0 spiro atoms. The van der Waals surface area contributed by atoms with Gasteiger partial charge in [0, 0.05) is 23.5 Å². The highest BCUT2D eigenvalue weighted by molar-refractivity contribution is 9.10. The first-order chi connectivity index (χ1) is 9.22. The number of benzene rings is 1. The van der Waals surface area contributed by atoms with Crippen LogP contribution in [0.1, 0.15) is 20.3 Å². The van der Waals surface area contributed by atoms with Gasteiger partial charge in [0.1, 0.15) is 4.90 Å². The van der Waals surface area contributed by atoms with Crippen molar-refractivity contribution in [2.75, 3.05) is 6.54 Å². The van der Waals surface area contributed by atoms with Crippen molar-refractivity contribution < 1.29 is 13.2 Å². The van der Waals surface area contributed by atoms with E-state index in [-0.39, 0.29) is 34.8 Å². The number of nitrogens with one attached hydrogen (secondary N) is 2. The fourth-order valence-electron chi connectivity index (χ4n) is 1.46. The summed E-state index contributed by atoms with van der Waals surface area (Å²) in [6.45, 7) is 3.70. The largest absolute Gasteiger partial charge is 0.354 e. The number of carbonyl (C=O) groups excluding carboxylic acids is 1. The van der Waals surface area contributed by atoms with E-state index < -0.39 is 10.0 Å². The van der Waals surface area contributed by atoms with Crippen molar-refractivity contribution in [1.29, 1.82) is 0 Å². The molecular weight excluding hydrogens is 368 g/mol. The molecule has 1 amide bonds. The third kappa shape index (κ3) is 5.40. The van der Waals surface area contributed by atoms with Gasteiger partial charge in [-0.25, -0.2) is 13.1 Å². The van der Waals surface area contributed by atoms with Crippen LogP contribution in [0.5, 0.6) is 0 Å². The maximum atomic E-state index is 12.0. The van der Waals surface area contributed by atoms with Gasteiger partial charge in [0.05, 0.1) is 5.02 Å². The summed E-state index contributed by atoms with van der Waals surface area (Å²) in [5.74, 6) is -0.204. The molecule has 1 rings (SSSR count). The fraction of sp³-hybridized carbons (Fsp3) is 0.417. The summed E-state index contributed by atoms with van der Waals surface area (Å²) in [5.41, 5.74) is 0. The molecule has 0 aliphatic rings. The minimum absolute atomic E-state index is 0.00775. The SMILES string of the molecule is CC(C)NC(=O)CCNS(=O)(=O)c1ccc(Br)cc1Cl. The Morgan fingerprint density at radius 1 is 1.40 bits per heavy atom. The lowest BCUT2D eigenvalue weighted by Crippen LogP contribution is -2.34. The summed E-state index contributed by atoms with van der Waals surface area (Å²) >= 11 is 9.10. The van der Waals surface area contributed by atoms with E-state index in [1.807, 2.05) is 13.8 Å². The minimum Gasteiger partial charge on any atom is -0.354 e. The zero-order valence-electron chi connectivity index (χ0n) is 11.1. The standard InChI is InChI=1S/C12H16BrClN2O3S/c1-8(2)16-12(17)5-6-15-20(18,19)11-4-3-9(13)7-10(11)14/h3-4,7-8,15H,5-6H2,1-2H3,(H,16,17). The molecule has 1 aromatic carbocycles. The molecule has 0 bridgehead atoms. The summed E-state index contributed by atoms with van der Waals surface area (Å²) in [6, 6.07) is 4.52. The highest BCUT2D eigenvalue weighted by atomic mass is 79.9. The van der Waals surface area contributed by atoms with E-state index in [0.717, 1.165) is 0 Å². The smallest absolute Gasteiger partial charge is 0.242 e. The van der Waals surface area contributed by atoms with Gasteiger partial charge in [-0.1, -0.05) is 27.5 Å². The maximum absolute atomic E-state index is 12.0. The van der Waals surface area contributed by atoms with Crippen molar-refractivity contribution in [3.8, 4) is 0 Å². The molecule has 2 N–H and O–H groups in total. The van der Waals surface area contributed by atoms with Crippen LogP contribution in [0.25, 0.3) is 0 Å². The molecule has 0 fully saturated rings. The monoisotopic (exact) mass is 382 g/mol. The summed E-state index contributed by atoms with van der Waals surface area (Å²) in [6.07, 6.45) is 0.0750. The predicted octanol–water partition coefficient (Wildman–Crippen LogP) is 2.30. The number of sulfonamides is 1. The molecule has 0 saturated carbocycles. The van der Waals surface area contributed by atoms with Gasteiger partial charge < -0.3 is 5.32 Å². The van der Waals surface area contributed by atoms with Crippen LogP contribution in [0.3, 0.4) is 0 Å². The van der Waals surface area contributed by atoms with Crippen molar-refractivity contribution in [3.63, 3.8) is 0 Å². The highest BCUT2D eigenvalue weighted by Gasteiger charge is 2.18. The van der Waals surface area contributed by atoms with Crippen molar-refractivity contribution in [2.45, 2.75) is 31.2 Å². The molecule has 1 aromatic rings. The summed E-state index contributed by atoms with van der Waals surface area (Å²) in [7, 11) is -3.71. The lowest BCUT2D eigenvalue weighted by molar-refractivity contribution is -0.121. The quantitative estimate of drug-likeness (QED) is 0.791. The van der Waals surface area contributed by atoms with Crippen LogP contribution in [-0.4, -0.2) is 26.9 Å². The maximum Gasteiger partial charge on any atom is 0.242 e. The second kappa shape index (κ2) is 7.40. The Bertz CT molecular complexity index is 590. The third-order valence-corrected chi connectivity index (χ3v) is 4.71. The lowest BCUT2D eigenvalue weighted by Gasteiger charge is -2.10. The molecule has 0 unspecified atom stereocenters. The van der Waals surface area contributed by atoms with Gasteiger partial charge in [-0.05, 0) is 32.0 Å². The van der Waals surface area contributed by atoms with E-state index in [4.69, 9.17) is 11.6 Å². The van der Waals surface area contributed by atoms with Gasteiger partial charge in [0.2, 0.25) is 15.9 Å². The minimum atomic E-state index is -3.71. The van der Waals surface area contributed by atoms with E-state index in [9.17, 15) is 13.2 Å². The number of hydrogen-bond donors (Lipinski definition) is 2. The van der Waals surface area contributed by atoms with E-state index >= 15 is 0 Å². The second-order valence-corrected chi connectivity index (χ2v) is 7.50. The van der Waals surface area contributed by atoms with Crippen LogP contribution >= 0.6 is 27.5 Å². The lowest BCUT2D eigenvalue weighted by atomic mass is 10.3. The fourth-order valence-corrected chi connectivity index (χ4v) is 3.53. The van der Waals surface area contributed by atoms with E-state index in [1.54, 1.807) is 6.07 Å². The van der Waals surface area contributed by atoms with Crippen LogP contribution in [-0.2, 0) is 14.8 Å². The zero-order chi connectivity index (χ0) is 15.3. The topological polar surface area (TPSA) is 75.3 Å². The average molecular weight is 384 g/mol. The van der Waals surface area contributed by atoms with Gasteiger partial charge in [0.25, 0.3) is 0 Å². The van der Waals surface area contributed by atoms with Gasteiger partial charge in [-0.15, -0.1) is 0 Å². The molecule has 0 radical (unpaired) electrons. The molecule has 0 atom stereocenters. The van der Waals surface area contributed by atoms with Crippen LogP contribution in [0, 0.1) is 0 Å². The Morgan fingerprint density at radius 3 is 2.60 bits per heavy atom. The zero-order valence-corrected chi connectivity index (χ0v) is 14.3. The second-order valence-electron chi connectivity index (χ2n) is 4.44. The first-order valence-electron chi connectivity index (χ1n) is 5.96. The summed E-state index contributed by atoms with van der Waals surface area (Å²) < 4.78 is 27.1. The van der Waals surface area contributed by atoms with Gasteiger partial charge >= 0.3 is 0 Å². The van der Waals surface area contributed by atoms with E-state index in [1.165, 1.54) is 12.1 Å². The van der Waals surface area contributed by atoms with Gasteiger partial charge in [0.15, 0.2) is 0 Å². The Kier molecular flexibility index (Phi) is 6.44. The van der Waals surface area contributed by atoms with Crippen LogP contribution < -0.4 is 10.0 Å². The Labute approximate surface area is 132 Å². The molecular formula is C12H16BrClN2O3S. The molecule has 8 heteroatoms. The number of rotatable bonds is 6. The van der Waals surface area contributed by atoms with Gasteiger partial charge in [-0.3, -0.25) is 4.79 Å². The summed E-state index contributed by atoms with van der Waals surface area (Å²) in [4.78, 5) is 11.4. The first-order valence-corrected chi connectivity index (χ1v) is 8.62. The predicted molar refractivity (Wildman–Crippen MR) is 82.2 cm³/mol. The molecule has 0 heterocycles. The average Bonchev–Trinajstić information content (AvgIpc) is 2.26. The van der Waals surface area contributed by atoms with Crippen molar-refractivity contribution in [2.24, 2.45) is 0 Å². The molecule has 0 aliphatic heterocycles. The number of halogens is 2. The van der Waals surface area contributed by atoms with Crippen LogP contribution in [0.2, 0.25) is 5.02 Å². The molecule has 0 aromatic heterocycles. The Balaban J connectivity index is 2.64. The Hall–Kier alpha value is -0.630. The van der Waals surface area contributed by atoms with E-state index in [0.29, 0.717) is 4.47 Å². The summed E-state index contributed by atoms with van der Waals surface area (Å²) in [5, 5.41) is 2.81. The third-order valence-electron chi connectivity index (χ3n) is 2.28. The molecule has 5 nitrogen and oxygen atoms in total. The van der Waals surface area contributed by atoms with Crippen molar-refractivity contribution in [1.82, 2.24) is 10.0 Å². The van der Waals surface area contributed by atoms with Gasteiger partial charge in [-0.2, -0.15) is 0 Å². The molecule has 112 valence electrons. The normalized spacial score (nSPS) is 11.7. The van der Waals surface area contributed by atoms with Crippen molar-refractivity contribution in [3.05, 3.63) is 27.7 Å². The molecule has 20 heavy (non-hydrogen) atoms. The number of hydrogen-bond acceptors (Lipinski definition) is 3. The number of amides is 1. The highest BCUT2D eigenvalue weighted by Crippen LogP contribution is 2.24. The molecule has 0 saturated heterocycles. The Morgan fingerprint density at radius 2 is 2.05 bits per heavy atom. The van der Waals surface area contributed by atoms with E-state index in [2.05, 4.69) is 26.0 Å². The first kappa shape index (κ1) is 17.4.